The second-order valence-corrected chi connectivity index (χ2v) is 3.88. The number of nitrogens with one attached hydrogen (secondary N) is 2. The van der Waals surface area contributed by atoms with Gasteiger partial charge in [0, 0.05) is 18.1 Å². The summed E-state index contributed by atoms with van der Waals surface area (Å²) in [4.78, 5) is 11.5. The van der Waals surface area contributed by atoms with Gasteiger partial charge in [0.05, 0.1) is 6.42 Å². The zero-order chi connectivity index (χ0) is 11.8. The number of hydrogen-bond donors (Lipinski definition) is 2. The van der Waals surface area contributed by atoms with Gasteiger partial charge in [-0.05, 0) is 18.2 Å². The molecule has 0 aliphatic heterocycles. The minimum absolute atomic E-state index is 0. The average Bonchev–Trinajstić information content (AvgIpc) is 2.28. The van der Waals surface area contributed by atoms with Crippen LogP contribution in [-0.2, 0) is 11.2 Å². The predicted octanol–water partition coefficient (Wildman–Crippen LogP) is 2.03. The summed E-state index contributed by atoms with van der Waals surface area (Å²) in [6.07, 6.45) is 0.339. The molecule has 5 heteroatoms. The van der Waals surface area contributed by atoms with Crippen molar-refractivity contribution < 1.29 is 4.79 Å². The molecule has 2 N–H and O–H groups in total. The Hall–Kier alpha value is -0.770. The Morgan fingerprint density at radius 3 is 2.65 bits per heavy atom. The molecule has 0 aromatic heterocycles. The number of amides is 1. The van der Waals surface area contributed by atoms with E-state index in [2.05, 4.69) is 10.6 Å². The molecule has 0 atom stereocenters. The number of halogens is 2. The van der Waals surface area contributed by atoms with Gasteiger partial charge in [0.1, 0.15) is 0 Å². The fourth-order valence-electron chi connectivity index (χ4n) is 1.34. The molecular formula is C12H18Cl2N2O. The molecule has 0 saturated heterocycles. The van der Waals surface area contributed by atoms with Crippen LogP contribution in [0.25, 0.3) is 0 Å². The van der Waals surface area contributed by atoms with Crippen LogP contribution in [0.15, 0.2) is 24.3 Å². The van der Waals surface area contributed by atoms with Crippen LogP contribution in [0.2, 0.25) is 5.02 Å². The van der Waals surface area contributed by atoms with E-state index in [1.807, 2.05) is 25.1 Å². The molecule has 1 aromatic carbocycles. The average molecular weight is 277 g/mol. The lowest BCUT2D eigenvalue weighted by Gasteiger charge is -2.06. The molecule has 96 valence electrons. The molecule has 0 heterocycles. The zero-order valence-electron chi connectivity index (χ0n) is 9.83. The summed E-state index contributed by atoms with van der Waals surface area (Å²) in [5.41, 5.74) is 0.866. The topological polar surface area (TPSA) is 41.1 Å². The Morgan fingerprint density at radius 1 is 1.29 bits per heavy atom. The third-order valence-electron chi connectivity index (χ3n) is 2.18. The van der Waals surface area contributed by atoms with E-state index in [0.29, 0.717) is 18.0 Å². The van der Waals surface area contributed by atoms with Gasteiger partial charge >= 0.3 is 0 Å². The summed E-state index contributed by atoms with van der Waals surface area (Å²) >= 11 is 5.96. The van der Waals surface area contributed by atoms with Crippen molar-refractivity contribution in [3.05, 3.63) is 34.9 Å². The van der Waals surface area contributed by atoms with Crippen molar-refractivity contribution in [2.75, 3.05) is 19.6 Å². The second-order valence-electron chi connectivity index (χ2n) is 3.47. The highest BCUT2D eigenvalue weighted by Crippen LogP contribution is 2.14. The largest absolute Gasteiger partial charge is 0.355 e. The highest BCUT2D eigenvalue weighted by atomic mass is 35.5. The summed E-state index contributed by atoms with van der Waals surface area (Å²) in [5, 5.41) is 6.61. The lowest BCUT2D eigenvalue weighted by atomic mass is 10.1. The van der Waals surface area contributed by atoms with E-state index in [9.17, 15) is 4.79 Å². The van der Waals surface area contributed by atoms with Crippen molar-refractivity contribution in [1.29, 1.82) is 0 Å². The lowest BCUT2D eigenvalue weighted by Crippen LogP contribution is -2.32. The van der Waals surface area contributed by atoms with Gasteiger partial charge in [0.2, 0.25) is 5.91 Å². The van der Waals surface area contributed by atoms with Gasteiger partial charge in [-0.15, -0.1) is 12.4 Å². The molecule has 0 unspecified atom stereocenters. The van der Waals surface area contributed by atoms with Crippen LogP contribution in [0, 0.1) is 0 Å². The number of benzene rings is 1. The molecule has 1 rings (SSSR count). The first-order valence-corrected chi connectivity index (χ1v) is 5.82. The van der Waals surface area contributed by atoms with Crippen molar-refractivity contribution >= 4 is 29.9 Å². The summed E-state index contributed by atoms with van der Waals surface area (Å²) in [5.74, 6) is 0.00556. The van der Waals surface area contributed by atoms with Gasteiger partial charge in [-0.1, -0.05) is 36.7 Å². The first-order valence-electron chi connectivity index (χ1n) is 5.45. The molecule has 0 bridgehead atoms. The van der Waals surface area contributed by atoms with E-state index >= 15 is 0 Å². The SMILES string of the molecule is CCNCCNC(=O)Cc1ccccc1Cl.Cl. The van der Waals surface area contributed by atoms with Crippen LogP contribution in [-0.4, -0.2) is 25.5 Å². The molecule has 1 amide bonds. The minimum atomic E-state index is 0. The van der Waals surface area contributed by atoms with Gasteiger partial charge in [0.15, 0.2) is 0 Å². The second kappa shape index (κ2) is 9.28. The molecule has 3 nitrogen and oxygen atoms in total. The van der Waals surface area contributed by atoms with Gasteiger partial charge < -0.3 is 10.6 Å². The Balaban J connectivity index is 0.00000256. The van der Waals surface area contributed by atoms with E-state index in [4.69, 9.17) is 11.6 Å². The number of carbonyl (C=O) groups excluding carboxylic acids is 1. The minimum Gasteiger partial charge on any atom is -0.355 e. The molecule has 17 heavy (non-hydrogen) atoms. The van der Waals surface area contributed by atoms with E-state index in [1.165, 1.54) is 0 Å². The maximum atomic E-state index is 11.5. The van der Waals surface area contributed by atoms with E-state index in [0.717, 1.165) is 18.7 Å². The van der Waals surface area contributed by atoms with Crippen LogP contribution in [0.3, 0.4) is 0 Å². The third-order valence-corrected chi connectivity index (χ3v) is 2.55. The highest BCUT2D eigenvalue weighted by Gasteiger charge is 2.05. The fraction of sp³-hybridized carbons (Fsp3) is 0.417. The van der Waals surface area contributed by atoms with Gasteiger partial charge in [-0.2, -0.15) is 0 Å². The van der Waals surface area contributed by atoms with Crippen LogP contribution in [0.4, 0.5) is 0 Å². The van der Waals surface area contributed by atoms with Crippen molar-refractivity contribution in [3.63, 3.8) is 0 Å². The Labute approximate surface area is 113 Å². The van der Waals surface area contributed by atoms with E-state index in [-0.39, 0.29) is 18.3 Å². The van der Waals surface area contributed by atoms with Crippen molar-refractivity contribution in [2.24, 2.45) is 0 Å². The van der Waals surface area contributed by atoms with Crippen molar-refractivity contribution in [1.82, 2.24) is 10.6 Å². The molecule has 0 saturated carbocycles. The summed E-state index contributed by atoms with van der Waals surface area (Å²) in [6, 6.07) is 7.40. The summed E-state index contributed by atoms with van der Waals surface area (Å²) < 4.78 is 0. The van der Waals surface area contributed by atoms with Crippen LogP contribution < -0.4 is 10.6 Å². The monoisotopic (exact) mass is 276 g/mol. The Bertz CT molecular complexity index is 345. The molecule has 0 aliphatic rings. The number of rotatable bonds is 6. The summed E-state index contributed by atoms with van der Waals surface area (Å²) in [7, 11) is 0. The molecule has 0 radical (unpaired) electrons. The number of carbonyl (C=O) groups is 1. The Morgan fingerprint density at radius 2 is 2.00 bits per heavy atom. The first kappa shape index (κ1) is 16.2. The van der Waals surface area contributed by atoms with Crippen molar-refractivity contribution in [2.45, 2.75) is 13.3 Å². The van der Waals surface area contributed by atoms with E-state index in [1.54, 1.807) is 6.07 Å². The van der Waals surface area contributed by atoms with E-state index < -0.39 is 0 Å². The molecule has 0 spiro atoms. The number of hydrogen-bond acceptors (Lipinski definition) is 2. The fourth-order valence-corrected chi connectivity index (χ4v) is 1.55. The van der Waals surface area contributed by atoms with Crippen LogP contribution >= 0.6 is 24.0 Å². The summed E-state index contributed by atoms with van der Waals surface area (Å²) in [6.45, 7) is 4.40. The van der Waals surface area contributed by atoms with Crippen LogP contribution in [0.5, 0.6) is 0 Å². The third kappa shape index (κ3) is 6.51. The zero-order valence-corrected chi connectivity index (χ0v) is 11.4. The predicted molar refractivity (Wildman–Crippen MR) is 74.0 cm³/mol. The van der Waals surface area contributed by atoms with Gasteiger partial charge in [-0.3, -0.25) is 4.79 Å². The molecule has 0 fully saturated rings. The Kier molecular flexibility index (Phi) is 8.86. The smallest absolute Gasteiger partial charge is 0.224 e. The maximum Gasteiger partial charge on any atom is 0.224 e. The maximum absolute atomic E-state index is 11.5. The lowest BCUT2D eigenvalue weighted by molar-refractivity contribution is -0.120. The quantitative estimate of drug-likeness (QED) is 0.781. The highest BCUT2D eigenvalue weighted by molar-refractivity contribution is 6.31. The number of likely N-dealkylation sites (N-methyl/N-ethyl adjacent to an activating group) is 1. The molecular weight excluding hydrogens is 259 g/mol. The molecule has 1 aromatic rings. The van der Waals surface area contributed by atoms with Gasteiger partial charge in [-0.25, -0.2) is 0 Å². The standard InChI is InChI=1S/C12H17ClN2O.ClH/c1-2-14-7-8-15-12(16)9-10-5-3-4-6-11(10)13;/h3-6,14H,2,7-9H2,1H3,(H,15,16);1H. The molecule has 0 aliphatic carbocycles. The van der Waals surface area contributed by atoms with Crippen LogP contribution in [0.1, 0.15) is 12.5 Å². The first-order chi connectivity index (χ1) is 7.74. The van der Waals surface area contributed by atoms with Crippen molar-refractivity contribution in [3.8, 4) is 0 Å². The normalized spacial score (nSPS) is 9.53. The van der Waals surface area contributed by atoms with Gasteiger partial charge in [0.25, 0.3) is 0 Å².